The second kappa shape index (κ2) is 6.02. The maximum absolute atomic E-state index is 5.87. The molecule has 20 heavy (non-hydrogen) atoms. The molecule has 0 amide bonds. The lowest BCUT2D eigenvalue weighted by molar-refractivity contribution is 0.195. The zero-order valence-electron chi connectivity index (χ0n) is 12.9. The topological polar surface area (TPSA) is 56.5 Å². The fraction of sp³-hybridized carbons (Fsp3) is 0.625. The quantitative estimate of drug-likeness (QED) is 0.642. The van der Waals surface area contributed by atoms with Crippen LogP contribution in [0.25, 0.3) is 0 Å². The Hall–Kier alpha value is -1.26. The molecule has 0 spiro atoms. The molecule has 1 aromatic carbocycles. The van der Waals surface area contributed by atoms with E-state index in [0.717, 1.165) is 17.1 Å². The molecule has 112 valence electrons. The molecule has 0 aliphatic heterocycles. The van der Waals surface area contributed by atoms with Crippen molar-refractivity contribution in [3.05, 3.63) is 23.8 Å². The lowest BCUT2D eigenvalue weighted by Gasteiger charge is -2.34. The van der Waals surface area contributed by atoms with Gasteiger partial charge in [-0.05, 0) is 42.4 Å². The van der Waals surface area contributed by atoms with Crippen molar-refractivity contribution in [2.75, 3.05) is 14.2 Å². The summed E-state index contributed by atoms with van der Waals surface area (Å²) >= 11 is 0. The average molecular weight is 278 g/mol. The summed E-state index contributed by atoms with van der Waals surface area (Å²) in [6.07, 6.45) is 3.67. The molecule has 4 nitrogen and oxygen atoms in total. The van der Waals surface area contributed by atoms with E-state index in [1.54, 1.807) is 14.2 Å². The second-order valence-corrected chi connectivity index (χ2v) is 6.24. The molecule has 1 aromatic rings. The van der Waals surface area contributed by atoms with Crippen LogP contribution in [0.5, 0.6) is 11.5 Å². The summed E-state index contributed by atoms with van der Waals surface area (Å²) < 4.78 is 10.8. The predicted octanol–water partition coefficient (Wildman–Crippen LogP) is 3.03. The molecule has 2 rings (SSSR count). The molecule has 1 aliphatic carbocycles. The molecule has 0 aromatic heterocycles. The Bertz CT molecular complexity index is 460. The Kier molecular flexibility index (Phi) is 4.55. The van der Waals surface area contributed by atoms with E-state index in [1.165, 1.54) is 19.3 Å². The third kappa shape index (κ3) is 2.76. The number of rotatable bonds is 5. The summed E-state index contributed by atoms with van der Waals surface area (Å²) in [5.41, 5.74) is 4.37. The first-order valence-electron chi connectivity index (χ1n) is 7.21. The molecular formula is C16H26N2O2. The minimum absolute atomic E-state index is 0.0811. The maximum Gasteiger partial charge on any atom is 0.123 e. The number of nitrogens with one attached hydrogen (secondary N) is 1. The van der Waals surface area contributed by atoms with Gasteiger partial charge in [-0.3, -0.25) is 11.3 Å². The highest BCUT2D eigenvalue weighted by Gasteiger charge is 2.40. The van der Waals surface area contributed by atoms with Crippen LogP contribution in [0.15, 0.2) is 18.2 Å². The van der Waals surface area contributed by atoms with E-state index < -0.39 is 0 Å². The minimum Gasteiger partial charge on any atom is -0.497 e. The normalized spacial score (nSPS) is 22.6. The highest BCUT2D eigenvalue weighted by atomic mass is 16.5. The molecule has 4 heteroatoms. The highest BCUT2D eigenvalue weighted by molar-refractivity contribution is 5.42. The lowest BCUT2D eigenvalue weighted by atomic mass is 9.75. The minimum atomic E-state index is 0.0811. The Balaban J connectivity index is 2.40. The summed E-state index contributed by atoms with van der Waals surface area (Å²) in [7, 11) is 3.37. The van der Waals surface area contributed by atoms with Gasteiger partial charge in [0.2, 0.25) is 0 Å². The van der Waals surface area contributed by atoms with Crippen LogP contribution in [0.3, 0.4) is 0 Å². The molecule has 1 fully saturated rings. The largest absolute Gasteiger partial charge is 0.497 e. The Morgan fingerprint density at radius 1 is 1.30 bits per heavy atom. The van der Waals surface area contributed by atoms with Crippen molar-refractivity contribution in [1.29, 1.82) is 0 Å². The fourth-order valence-electron chi connectivity index (χ4n) is 3.48. The SMILES string of the molecule is COc1ccc(OC)c(C(NN)C2CCCC2(C)C)c1. The molecule has 3 N–H and O–H groups in total. The van der Waals surface area contributed by atoms with Crippen LogP contribution < -0.4 is 20.7 Å². The molecule has 2 atom stereocenters. The smallest absolute Gasteiger partial charge is 0.123 e. The number of nitrogens with two attached hydrogens (primary N) is 1. The highest BCUT2D eigenvalue weighted by Crippen LogP contribution is 2.50. The molecule has 1 saturated carbocycles. The number of benzene rings is 1. The first kappa shape index (κ1) is 15.1. The summed E-state index contributed by atoms with van der Waals surface area (Å²) in [5, 5.41) is 0. The van der Waals surface area contributed by atoms with Gasteiger partial charge in [0.25, 0.3) is 0 Å². The second-order valence-electron chi connectivity index (χ2n) is 6.24. The van der Waals surface area contributed by atoms with Crippen LogP contribution in [0.4, 0.5) is 0 Å². The van der Waals surface area contributed by atoms with E-state index in [-0.39, 0.29) is 11.5 Å². The third-order valence-corrected chi connectivity index (χ3v) is 4.69. The van der Waals surface area contributed by atoms with Crippen LogP contribution in [0, 0.1) is 11.3 Å². The van der Waals surface area contributed by atoms with Crippen molar-refractivity contribution in [3.63, 3.8) is 0 Å². The monoisotopic (exact) mass is 278 g/mol. The van der Waals surface area contributed by atoms with E-state index in [9.17, 15) is 0 Å². The molecule has 0 saturated heterocycles. The van der Waals surface area contributed by atoms with E-state index in [4.69, 9.17) is 15.3 Å². The summed E-state index contributed by atoms with van der Waals surface area (Å²) in [6, 6.07) is 5.96. The van der Waals surface area contributed by atoms with Gasteiger partial charge in [-0.15, -0.1) is 0 Å². The van der Waals surface area contributed by atoms with Gasteiger partial charge in [-0.2, -0.15) is 0 Å². The number of ether oxygens (including phenoxy) is 2. The molecule has 1 aliphatic rings. The van der Waals surface area contributed by atoms with Gasteiger partial charge in [-0.25, -0.2) is 0 Å². The van der Waals surface area contributed by atoms with Gasteiger partial charge < -0.3 is 9.47 Å². The van der Waals surface area contributed by atoms with Gasteiger partial charge in [0.1, 0.15) is 11.5 Å². The van der Waals surface area contributed by atoms with Crippen LogP contribution >= 0.6 is 0 Å². The van der Waals surface area contributed by atoms with Crippen molar-refractivity contribution in [1.82, 2.24) is 5.43 Å². The first-order chi connectivity index (χ1) is 9.53. The predicted molar refractivity (Wildman–Crippen MR) is 80.7 cm³/mol. The average Bonchev–Trinajstić information content (AvgIpc) is 2.79. The van der Waals surface area contributed by atoms with Crippen molar-refractivity contribution in [3.8, 4) is 11.5 Å². The molecular weight excluding hydrogens is 252 g/mol. The number of methoxy groups -OCH3 is 2. The van der Waals surface area contributed by atoms with Crippen LogP contribution in [-0.2, 0) is 0 Å². The lowest BCUT2D eigenvalue weighted by Crippen LogP contribution is -2.38. The molecule has 0 heterocycles. The van der Waals surface area contributed by atoms with E-state index in [2.05, 4.69) is 19.3 Å². The Labute approximate surface area is 121 Å². The van der Waals surface area contributed by atoms with E-state index in [0.29, 0.717) is 5.92 Å². The maximum atomic E-state index is 5.87. The fourth-order valence-corrected chi connectivity index (χ4v) is 3.48. The zero-order valence-corrected chi connectivity index (χ0v) is 12.9. The number of hydrazine groups is 1. The van der Waals surface area contributed by atoms with Crippen LogP contribution in [-0.4, -0.2) is 14.2 Å². The van der Waals surface area contributed by atoms with Crippen molar-refractivity contribution in [2.45, 2.75) is 39.2 Å². The van der Waals surface area contributed by atoms with Crippen molar-refractivity contribution < 1.29 is 9.47 Å². The van der Waals surface area contributed by atoms with Gasteiger partial charge in [0.05, 0.1) is 20.3 Å². The van der Waals surface area contributed by atoms with Gasteiger partial charge >= 0.3 is 0 Å². The Morgan fingerprint density at radius 3 is 2.55 bits per heavy atom. The van der Waals surface area contributed by atoms with Gasteiger partial charge in [-0.1, -0.05) is 20.3 Å². The van der Waals surface area contributed by atoms with E-state index in [1.807, 2.05) is 18.2 Å². The number of hydrogen-bond acceptors (Lipinski definition) is 4. The van der Waals surface area contributed by atoms with Crippen LogP contribution in [0.1, 0.15) is 44.7 Å². The van der Waals surface area contributed by atoms with E-state index >= 15 is 0 Å². The van der Waals surface area contributed by atoms with Gasteiger partial charge in [0, 0.05) is 5.56 Å². The summed E-state index contributed by atoms with van der Waals surface area (Å²) in [6.45, 7) is 4.64. The standard InChI is InChI=1S/C16H26N2O2/c1-16(2)9-5-6-13(16)15(18-17)12-10-11(19-3)7-8-14(12)20-4/h7-8,10,13,15,18H,5-6,9,17H2,1-4H3. The van der Waals surface area contributed by atoms with Crippen molar-refractivity contribution >= 4 is 0 Å². The van der Waals surface area contributed by atoms with Crippen LogP contribution in [0.2, 0.25) is 0 Å². The molecule has 2 unspecified atom stereocenters. The van der Waals surface area contributed by atoms with Crippen molar-refractivity contribution in [2.24, 2.45) is 17.2 Å². The Morgan fingerprint density at radius 2 is 2.05 bits per heavy atom. The molecule has 0 bridgehead atoms. The first-order valence-corrected chi connectivity index (χ1v) is 7.21. The summed E-state index contributed by atoms with van der Waals surface area (Å²) in [4.78, 5) is 0. The third-order valence-electron chi connectivity index (χ3n) is 4.69. The summed E-state index contributed by atoms with van der Waals surface area (Å²) in [5.74, 6) is 8.06. The molecule has 0 radical (unpaired) electrons. The number of hydrogen-bond donors (Lipinski definition) is 2. The zero-order chi connectivity index (χ0) is 14.8. The van der Waals surface area contributed by atoms with Gasteiger partial charge in [0.15, 0.2) is 0 Å².